The summed E-state index contributed by atoms with van der Waals surface area (Å²) in [6.07, 6.45) is 5.24. The number of ether oxygens (including phenoxy) is 1. The van der Waals surface area contributed by atoms with Crippen LogP contribution in [0.1, 0.15) is 49.7 Å². The highest BCUT2D eigenvalue weighted by atomic mass is 16.5. The number of aromatic nitrogens is 2. The molecule has 0 bridgehead atoms. The molecule has 1 aliphatic carbocycles. The molecular weight excluding hydrogens is 208 g/mol. The minimum Gasteiger partial charge on any atom is -0.469 e. The lowest BCUT2D eigenvalue weighted by molar-refractivity contribution is -0.140. The molecule has 0 spiro atoms. The van der Waals surface area contributed by atoms with Crippen LogP contribution in [0.3, 0.4) is 0 Å². The summed E-state index contributed by atoms with van der Waals surface area (Å²) in [6.45, 7) is 0. The van der Waals surface area contributed by atoms with Crippen molar-refractivity contribution in [3.63, 3.8) is 0 Å². The second-order valence-corrected chi connectivity index (χ2v) is 4.10. The Morgan fingerprint density at radius 1 is 1.50 bits per heavy atom. The van der Waals surface area contributed by atoms with Gasteiger partial charge in [-0.25, -0.2) is 0 Å². The molecule has 0 atom stereocenters. The van der Waals surface area contributed by atoms with E-state index in [1.165, 1.54) is 20.0 Å². The van der Waals surface area contributed by atoms with Gasteiger partial charge in [-0.3, -0.25) is 4.79 Å². The Labute approximate surface area is 94.2 Å². The smallest absolute Gasteiger partial charge is 0.305 e. The van der Waals surface area contributed by atoms with Crippen LogP contribution < -0.4 is 0 Å². The van der Waals surface area contributed by atoms with Crippen molar-refractivity contribution in [2.45, 2.75) is 44.4 Å². The summed E-state index contributed by atoms with van der Waals surface area (Å²) in [5.74, 6) is 1.91. The van der Waals surface area contributed by atoms with Crippen molar-refractivity contribution >= 4 is 5.97 Å². The largest absolute Gasteiger partial charge is 0.469 e. The van der Waals surface area contributed by atoms with Crippen LogP contribution >= 0.6 is 0 Å². The van der Waals surface area contributed by atoms with E-state index < -0.39 is 0 Å². The van der Waals surface area contributed by atoms with Crippen molar-refractivity contribution in [1.29, 1.82) is 0 Å². The first-order valence-electron chi connectivity index (χ1n) is 5.69. The fourth-order valence-corrected chi connectivity index (χ4v) is 1.52. The van der Waals surface area contributed by atoms with Crippen molar-refractivity contribution < 1.29 is 14.1 Å². The van der Waals surface area contributed by atoms with Gasteiger partial charge in [0.25, 0.3) is 0 Å². The summed E-state index contributed by atoms with van der Waals surface area (Å²) in [5, 5.41) is 3.93. The van der Waals surface area contributed by atoms with Crippen LogP contribution in [0.4, 0.5) is 0 Å². The predicted molar refractivity (Wildman–Crippen MR) is 55.8 cm³/mol. The predicted octanol–water partition coefficient (Wildman–Crippen LogP) is 1.83. The molecule has 5 nitrogen and oxygen atoms in total. The Bertz CT molecular complexity index is 358. The molecule has 0 radical (unpaired) electrons. The third-order valence-corrected chi connectivity index (χ3v) is 2.68. The maximum Gasteiger partial charge on any atom is 0.305 e. The molecule has 1 heterocycles. The summed E-state index contributed by atoms with van der Waals surface area (Å²) in [4.78, 5) is 15.2. The van der Waals surface area contributed by atoms with Gasteiger partial charge in [-0.05, 0) is 25.7 Å². The summed E-state index contributed by atoms with van der Waals surface area (Å²) in [6, 6.07) is 0. The van der Waals surface area contributed by atoms with Gasteiger partial charge < -0.3 is 9.26 Å². The van der Waals surface area contributed by atoms with Crippen LogP contribution in [0.2, 0.25) is 0 Å². The van der Waals surface area contributed by atoms with Crippen LogP contribution in [0.15, 0.2) is 4.52 Å². The lowest BCUT2D eigenvalue weighted by Gasteiger charge is -1.96. The van der Waals surface area contributed by atoms with E-state index in [2.05, 4.69) is 14.9 Å². The average Bonchev–Trinajstić information content (AvgIpc) is 3.05. The van der Waals surface area contributed by atoms with Gasteiger partial charge in [0.2, 0.25) is 5.89 Å². The number of carbonyl (C=O) groups is 1. The Hall–Kier alpha value is -1.39. The van der Waals surface area contributed by atoms with Gasteiger partial charge in [-0.15, -0.1) is 0 Å². The van der Waals surface area contributed by atoms with E-state index in [9.17, 15) is 4.79 Å². The van der Waals surface area contributed by atoms with Gasteiger partial charge in [-0.2, -0.15) is 4.98 Å². The monoisotopic (exact) mass is 224 g/mol. The Kier molecular flexibility index (Phi) is 3.54. The Balaban J connectivity index is 1.66. The normalized spacial score (nSPS) is 15.1. The molecule has 0 unspecified atom stereocenters. The van der Waals surface area contributed by atoms with E-state index in [1.54, 1.807) is 0 Å². The lowest BCUT2D eigenvalue weighted by Crippen LogP contribution is -1.99. The zero-order chi connectivity index (χ0) is 11.4. The number of hydrogen-bond donors (Lipinski definition) is 0. The fraction of sp³-hybridized carbons (Fsp3) is 0.727. The molecule has 1 aliphatic rings. The van der Waals surface area contributed by atoms with Gasteiger partial charge in [-0.1, -0.05) is 5.16 Å². The maximum atomic E-state index is 10.9. The number of carbonyl (C=O) groups excluding carboxylic acids is 1. The van der Waals surface area contributed by atoms with Crippen LogP contribution in [0, 0.1) is 0 Å². The molecule has 1 saturated carbocycles. The second kappa shape index (κ2) is 5.09. The molecule has 1 aromatic rings. The first-order chi connectivity index (χ1) is 7.79. The molecule has 16 heavy (non-hydrogen) atoms. The van der Waals surface area contributed by atoms with Crippen LogP contribution in [0.25, 0.3) is 0 Å². The van der Waals surface area contributed by atoms with Gasteiger partial charge in [0, 0.05) is 18.8 Å². The van der Waals surface area contributed by atoms with Crippen molar-refractivity contribution in [1.82, 2.24) is 10.1 Å². The highest BCUT2D eigenvalue weighted by Gasteiger charge is 2.28. The van der Waals surface area contributed by atoms with E-state index in [0.717, 1.165) is 25.1 Å². The third kappa shape index (κ3) is 3.05. The molecule has 2 rings (SSSR count). The van der Waals surface area contributed by atoms with Crippen molar-refractivity contribution in [2.75, 3.05) is 7.11 Å². The summed E-state index contributed by atoms with van der Waals surface area (Å²) < 4.78 is 9.68. The SMILES string of the molecule is COC(=O)CCCCc1nc(C2CC2)no1. The van der Waals surface area contributed by atoms with Gasteiger partial charge in [0.15, 0.2) is 5.82 Å². The number of nitrogens with zero attached hydrogens (tertiary/aromatic N) is 2. The Morgan fingerprint density at radius 2 is 2.31 bits per heavy atom. The molecule has 0 aliphatic heterocycles. The molecule has 0 amide bonds. The number of rotatable bonds is 6. The molecular formula is C11H16N2O3. The van der Waals surface area contributed by atoms with E-state index >= 15 is 0 Å². The number of unbranched alkanes of at least 4 members (excludes halogenated alkanes) is 1. The number of hydrogen-bond acceptors (Lipinski definition) is 5. The molecule has 1 fully saturated rings. The third-order valence-electron chi connectivity index (χ3n) is 2.68. The lowest BCUT2D eigenvalue weighted by atomic mass is 10.2. The highest BCUT2D eigenvalue weighted by Crippen LogP contribution is 2.38. The number of esters is 1. The van der Waals surface area contributed by atoms with Crippen molar-refractivity contribution in [3.05, 3.63) is 11.7 Å². The van der Waals surface area contributed by atoms with Crippen molar-refractivity contribution in [2.24, 2.45) is 0 Å². The van der Waals surface area contributed by atoms with E-state index in [0.29, 0.717) is 18.2 Å². The topological polar surface area (TPSA) is 65.2 Å². The minimum absolute atomic E-state index is 0.163. The molecule has 0 saturated heterocycles. The second-order valence-electron chi connectivity index (χ2n) is 4.10. The molecule has 0 N–H and O–H groups in total. The fourth-order valence-electron chi connectivity index (χ4n) is 1.52. The molecule has 5 heteroatoms. The van der Waals surface area contributed by atoms with Gasteiger partial charge in [0.1, 0.15) is 0 Å². The van der Waals surface area contributed by atoms with Gasteiger partial charge >= 0.3 is 5.97 Å². The Morgan fingerprint density at radius 3 is 3.00 bits per heavy atom. The van der Waals surface area contributed by atoms with Crippen molar-refractivity contribution in [3.8, 4) is 0 Å². The van der Waals surface area contributed by atoms with Gasteiger partial charge in [0.05, 0.1) is 7.11 Å². The van der Waals surface area contributed by atoms with E-state index in [1.807, 2.05) is 0 Å². The van der Waals surface area contributed by atoms with E-state index in [-0.39, 0.29) is 5.97 Å². The minimum atomic E-state index is -0.163. The first-order valence-corrected chi connectivity index (χ1v) is 5.69. The number of aryl methyl sites for hydroxylation is 1. The number of methoxy groups -OCH3 is 1. The molecule has 1 aromatic heterocycles. The molecule has 88 valence electrons. The van der Waals surface area contributed by atoms with Crippen LogP contribution in [-0.2, 0) is 16.0 Å². The highest BCUT2D eigenvalue weighted by molar-refractivity contribution is 5.68. The quantitative estimate of drug-likeness (QED) is 0.544. The standard InChI is InChI=1S/C11H16N2O3/c1-15-10(14)5-3-2-4-9-12-11(13-16-9)8-6-7-8/h8H,2-7H2,1H3. The summed E-state index contributed by atoms with van der Waals surface area (Å²) in [7, 11) is 1.41. The maximum absolute atomic E-state index is 10.9. The first kappa shape index (κ1) is 11.1. The summed E-state index contributed by atoms with van der Waals surface area (Å²) in [5.41, 5.74) is 0. The summed E-state index contributed by atoms with van der Waals surface area (Å²) >= 11 is 0. The van der Waals surface area contributed by atoms with E-state index in [4.69, 9.17) is 4.52 Å². The average molecular weight is 224 g/mol. The zero-order valence-corrected chi connectivity index (χ0v) is 9.44. The molecule has 0 aromatic carbocycles. The van der Waals surface area contributed by atoms with Crippen LogP contribution in [-0.4, -0.2) is 23.2 Å². The van der Waals surface area contributed by atoms with Crippen LogP contribution in [0.5, 0.6) is 0 Å². The zero-order valence-electron chi connectivity index (χ0n) is 9.44.